The summed E-state index contributed by atoms with van der Waals surface area (Å²) in [7, 11) is 0. The molecule has 24 heavy (non-hydrogen) atoms. The monoisotopic (exact) mass is 342 g/mol. The summed E-state index contributed by atoms with van der Waals surface area (Å²) < 4.78 is 0. The number of carbonyl (C=O) groups excluding carboxylic acids is 1. The zero-order valence-electron chi connectivity index (χ0n) is 14.7. The summed E-state index contributed by atoms with van der Waals surface area (Å²) in [5.74, 6) is 0.584. The Bertz CT molecular complexity index is 663. The number of amides is 1. The molecule has 128 valence electrons. The standard InChI is InChI=1S/C20H26N2OS/c1-14(2)16-8-10-17(11-9-16)21-20(23)15(3)22-12-4-6-18(22)19-7-5-13-24-19/h5,7-11,13-15,18H,4,6,12H2,1-3H3,(H,21,23). The van der Waals surface area contributed by atoms with Crippen molar-refractivity contribution in [3.8, 4) is 0 Å². The summed E-state index contributed by atoms with van der Waals surface area (Å²) >= 11 is 1.79. The van der Waals surface area contributed by atoms with Crippen LogP contribution in [-0.2, 0) is 4.79 Å². The molecule has 1 fully saturated rings. The smallest absolute Gasteiger partial charge is 0.241 e. The third-order valence-electron chi connectivity index (χ3n) is 4.89. The fourth-order valence-corrected chi connectivity index (χ4v) is 4.27. The van der Waals surface area contributed by atoms with Crippen LogP contribution < -0.4 is 5.32 Å². The van der Waals surface area contributed by atoms with Crippen molar-refractivity contribution >= 4 is 22.9 Å². The first-order valence-electron chi connectivity index (χ1n) is 8.76. The highest BCUT2D eigenvalue weighted by Gasteiger charge is 2.33. The van der Waals surface area contributed by atoms with Crippen molar-refractivity contribution in [1.82, 2.24) is 4.90 Å². The van der Waals surface area contributed by atoms with Crippen LogP contribution in [0.2, 0.25) is 0 Å². The van der Waals surface area contributed by atoms with E-state index in [1.807, 2.05) is 19.1 Å². The zero-order valence-corrected chi connectivity index (χ0v) is 15.5. The van der Waals surface area contributed by atoms with Gasteiger partial charge in [0.25, 0.3) is 0 Å². The molecule has 1 N–H and O–H groups in total. The largest absolute Gasteiger partial charge is 0.325 e. The molecule has 1 aromatic heterocycles. The van der Waals surface area contributed by atoms with Gasteiger partial charge in [-0.25, -0.2) is 0 Å². The van der Waals surface area contributed by atoms with E-state index in [9.17, 15) is 4.79 Å². The van der Waals surface area contributed by atoms with Gasteiger partial charge in [0.15, 0.2) is 0 Å². The van der Waals surface area contributed by atoms with E-state index in [2.05, 4.69) is 53.7 Å². The lowest BCUT2D eigenvalue weighted by molar-refractivity contribution is -0.121. The van der Waals surface area contributed by atoms with Crippen molar-refractivity contribution in [3.05, 3.63) is 52.2 Å². The average molecular weight is 343 g/mol. The lowest BCUT2D eigenvalue weighted by atomic mass is 10.0. The van der Waals surface area contributed by atoms with Crippen molar-refractivity contribution < 1.29 is 4.79 Å². The van der Waals surface area contributed by atoms with Gasteiger partial charge in [0, 0.05) is 16.6 Å². The van der Waals surface area contributed by atoms with Gasteiger partial charge >= 0.3 is 0 Å². The highest BCUT2D eigenvalue weighted by Crippen LogP contribution is 2.36. The number of likely N-dealkylation sites (tertiary alicyclic amines) is 1. The molecule has 1 amide bonds. The van der Waals surface area contributed by atoms with Crippen LogP contribution in [0.15, 0.2) is 41.8 Å². The van der Waals surface area contributed by atoms with Crippen LogP contribution >= 0.6 is 11.3 Å². The number of rotatable bonds is 5. The minimum Gasteiger partial charge on any atom is -0.325 e. The Balaban J connectivity index is 1.65. The van der Waals surface area contributed by atoms with E-state index in [0.29, 0.717) is 12.0 Å². The van der Waals surface area contributed by atoms with E-state index < -0.39 is 0 Å². The molecule has 4 heteroatoms. The van der Waals surface area contributed by atoms with Crippen molar-refractivity contribution in [2.75, 3.05) is 11.9 Å². The molecule has 0 aliphatic carbocycles. The molecule has 2 atom stereocenters. The van der Waals surface area contributed by atoms with Gasteiger partial charge in [-0.05, 0) is 61.4 Å². The van der Waals surface area contributed by atoms with Crippen molar-refractivity contribution in [1.29, 1.82) is 0 Å². The molecule has 3 rings (SSSR count). The average Bonchev–Trinajstić information content (AvgIpc) is 3.25. The summed E-state index contributed by atoms with van der Waals surface area (Å²) in [6.07, 6.45) is 2.30. The first-order valence-corrected chi connectivity index (χ1v) is 9.64. The molecule has 0 bridgehead atoms. The number of nitrogens with zero attached hydrogens (tertiary/aromatic N) is 1. The van der Waals surface area contributed by atoms with Crippen LogP contribution in [0.4, 0.5) is 5.69 Å². The van der Waals surface area contributed by atoms with Crippen molar-refractivity contribution in [3.63, 3.8) is 0 Å². The number of benzene rings is 1. The van der Waals surface area contributed by atoms with Crippen LogP contribution in [0.5, 0.6) is 0 Å². The quantitative estimate of drug-likeness (QED) is 0.826. The molecule has 2 unspecified atom stereocenters. The second-order valence-electron chi connectivity index (χ2n) is 6.85. The van der Waals surface area contributed by atoms with E-state index in [1.165, 1.54) is 10.4 Å². The lowest BCUT2D eigenvalue weighted by Gasteiger charge is -2.29. The molecule has 0 spiro atoms. The fourth-order valence-electron chi connectivity index (χ4n) is 3.39. The number of hydrogen-bond acceptors (Lipinski definition) is 3. The first kappa shape index (κ1) is 17.2. The van der Waals surface area contributed by atoms with E-state index >= 15 is 0 Å². The minimum absolute atomic E-state index is 0.0794. The number of nitrogens with one attached hydrogen (secondary N) is 1. The van der Waals surface area contributed by atoms with Gasteiger partial charge in [-0.2, -0.15) is 0 Å². The molecular formula is C20H26N2OS. The Morgan fingerprint density at radius 2 is 1.96 bits per heavy atom. The Kier molecular flexibility index (Phi) is 5.36. The van der Waals surface area contributed by atoms with Gasteiger partial charge in [-0.15, -0.1) is 11.3 Å². The van der Waals surface area contributed by atoms with Gasteiger partial charge in [0.05, 0.1) is 6.04 Å². The number of carbonyl (C=O) groups is 1. The SMILES string of the molecule is CC(C)c1ccc(NC(=O)C(C)N2CCCC2c2cccs2)cc1. The zero-order chi connectivity index (χ0) is 17.1. The normalized spacial score (nSPS) is 19.6. The van der Waals surface area contributed by atoms with E-state index in [1.54, 1.807) is 11.3 Å². The molecule has 0 saturated carbocycles. The van der Waals surface area contributed by atoms with Crippen LogP contribution in [0.25, 0.3) is 0 Å². The molecule has 0 radical (unpaired) electrons. The third kappa shape index (κ3) is 3.70. The fraction of sp³-hybridized carbons (Fsp3) is 0.450. The Morgan fingerprint density at radius 1 is 1.21 bits per heavy atom. The maximum absolute atomic E-state index is 12.7. The number of thiophene rings is 1. The second-order valence-corrected chi connectivity index (χ2v) is 7.83. The van der Waals surface area contributed by atoms with Crippen LogP contribution in [0, 0.1) is 0 Å². The molecule has 1 saturated heterocycles. The summed E-state index contributed by atoms with van der Waals surface area (Å²) in [5, 5.41) is 5.19. The van der Waals surface area contributed by atoms with Gasteiger partial charge in [-0.3, -0.25) is 9.69 Å². The first-order chi connectivity index (χ1) is 11.6. The van der Waals surface area contributed by atoms with Gasteiger partial charge < -0.3 is 5.32 Å². The summed E-state index contributed by atoms with van der Waals surface area (Å²) in [4.78, 5) is 16.4. The molecule has 1 aliphatic rings. The topological polar surface area (TPSA) is 32.3 Å². The van der Waals surface area contributed by atoms with Crippen molar-refractivity contribution in [2.45, 2.75) is 51.6 Å². The Morgan fingerprint density at radius 3 is 2.58 bits per heavy atom. The predicted octanol–water partition coefficient (Wildman–Crippen LogP) is 5.04. The molecular weight excluding hydrogens is 316 g/mol. The predicted molar refractivity (Wildman–Crippen MR) is 102 cm³/mol. The summed E-state index contributed by atoms with van der Waals surface area (Å²) in [6, 6.07) is 12.7. The summed E-state index contributed by atoms with van der Waals surface area (Å²) in [5.41, 5.74) is 2.17. The van der Waals surface area contributed by atoms with Gasteiger partial charge in [0.2, 0.25) is 5.91 Å². The van der Waals surface area contributed by atoms with Crippen LogP contribution in [-0.4, -0.2) is 23.4 Å². The van der Waals surface area contributed by atoms with Crippen LogP contribution in [0.1, 0.15) is 56.0 Å². The minimum atomic E-state index is -0.121. The Hall–Kier alpha value is -1.65. The molecule has 2 heterocycles. The molecule has 1 aliphatic heterocycles. The summed E-state index contributed by atoms with van der Waals surface area (Å²) in [6.45, 7) is 7.36. The van der Waals surface area contributed by atoms with E-state index in [4.69, 9.17) is 0 Å². The number of hydrogen-bond donors (Lipinski definition) is 1. The maximum atomic E-state index is 12.7. The maximum Gasteiger partial charge on any atom is 0.241 e. The lowest BCUT2D eigenvalue weighted by Crippen LogP contribution is -2.41. The van der Waals surface area contributed by atoms with Crippen LogP contribution in [0.3, 0.4) is 0 Å². The van der Waals surface area contributed by atoms with Gasteiger partial charge in [-0.1, -0.05) is 32.0 Å². The molecule has 1 aromatic carbocycles. The highest BCUT2D eigenvalue weighted by molar-refractivity contribution is 7.10. The third-order valence-corrected chi connectivity index (χ3v) is 5.86. The second kappa shape index (κ2) is 7.49. The highest BCUT2D eigenvalue weighted by atomic mass is 32.1. The van der Waals surface area contributed by atoms with E-state index in [0.717, 1.165) is 25.1 Å². The van der Waals surface area contributed by atoms with Crippen molar-refractivity contribution in [2.24, 2.45) is 0 Å². The number of anilines is 1. The Labute approximate surface area is 148 Å². The van der Waals surface area contributed by atoms with Gasteiger partial charge in [0.1, 0.15) is 0 Å². The van der Waals surface area contributed by atoms with E-state index in [-0.39, 0.29) is 11.9 Å². The molecule has 3 nitrogen and oxygen atoms in total. The molecule has 2 aromatic rings.